The van der Waals surface area contributed by atoms with Crippen LogP contribution in [0, 0.1) is 11.8 Å². The lowest BCUT2D eigenvalue weighted by Gasteiger charge is -2.25. The summed E-state index contributed by atoms with van der Waals surface area (Å²) in [6.45, 7) is 3.06. The molecule has 0 saturated heterocycles. The maximum atomic E-state index is 10.4. The Kier molecular flexibility index (Phi) is 3.38. The average molecular weight is 170 g/mol. The molecule has 0 aromatic rings. The van der Waals surface area contributed by atoms with Gasteiger partial charge in [-0.05, 0) is 24.7 Å². The van der Waals surface area contributed by atoms with E-state index in [9.17, 15) is 4.79 Å². The monoisotopic (exact) mass is 170 g/mol. The molecule has 0 aromatic heterocycles. The smallest absolute Gasteiger partial charge is 0.312 e. The summed E-state index contributed by atoms with van der Waals surface area (Å²) in [5, 5.41) is 2.67. The number of amides is 2. The van der Waals surface area contributed by atoms with Crippen LogP contribution in [-0.4, -0.2) is 12.6 Å². The van der Waals surface area contributed by atoms with Crippen molar-refractivity contribution in [3.63, 3.8) is 0 Å². The Bertz CT molecular complexity index is 151. The minimum atomic E-state index is -0.395. The van der Waals surface area contributed by atoms with Crippen molar-refractivity contribution in [2.45, 2.75) is 32.6 Å². The van der Waals surface area contributed by atoms with Gasteiger partial charge in [0, 0.05) is 6.54 Å². The van der Waals surface area contributed by atoms with E-state index in [0.717, 1.165) is 12.5 Å². The van der Waals surface area contributed by atoms with Crippen LogP contribution in [0.5, 0.6) is 0 Å². The molecule has 1 aliphatic carbocycles. The molecule has 70 valence electrons. The van der Waals surface area contributed by atoms with Gasteiger partial charge in [-0.2, -0.15) is 0 Å². The minimum absolute atomic E-state index is 0.395. The van der Waals surface area contributed by atoms with E-state index in [1.807, 2.05) is 0 Å². The number of rotatable bonds is 2. The molecular weight excluding hydrogens is 152 g/mol. The average Bonchev–Trinajstić information content (AvgIpc) is 2.03. The van der Waals surface area contributed by atoms with Crippen LogP contribution in [0.2, 0.25) is 0 Å². The van der Waals surface area contributed by atoms with E-state index in [-0.39, 0.29) is 0 Å². The fourth-order valence-corrected chi connectivity index (χ4v) is 1.78. The molecule has 0 atom stereocenters. The highest BCUT2D eigenvalue weighted by Gasteiger charge is 2.17. The maximum Gasteiger partial charge on any atom is 0.312 e. The highest BCUT2D eigenvalue weighted by Crippen LogP contribution is 2.27. The Hall–Kier alpha value is -0.730. The van der Waals surface area contributed by atoms with Crippen LogP contribution in [0.3, 0.4) is 0 Å². The van der Waals surface area contributed by atoms with Crippen molar-refractivity contribution >= 4 is 6.03 Å². The molecule has 1 aliphatic rings. The number of hydrogen-bond acceptors (Lipinski definition) is 1. The molecule has 1 rings (SSSR count). The third-order valence-corrected chi connectivity index (χ3v) is 2.70. The second kappa shape index (κ2) is 4.33. The topological polar surface area (TPSA) is 55.1 Å². The second-order valence-electron chi connectivity index (χ2n) is 3.87. The molecule has 3 nitrogen and oxygen atoms in total. The van der Waals surface area contributed by atoms with E-state index in [4.69, 9.17) is 5.73 Å². The quantitative estimate of drug-likeness (QED) is 0.648. The van der Waals surface area contributed by atoms with Crippen molar-refractivity contribution < 1.29 is 4.79 Å². The predicted octanol–water partition coefficient (Wildman–Crippen LogP) is 1.48. The zero-order chi connectivity index (χ0) is 8.97. The summed E-state index contributed by atoms with van der Waals surface area (Å²) in [6.07, 6.45) is 5.07. The Morgan fingerprint density at radius 3 is 2.50 bits per heavy atom. The number of carbonyl (C=O) groups excluding carboxylic acids is 1. The summed E-state index contributed by atoms with van der Waals surface area (Å²) in [5.41, 5.74) is 4.99. The molecule has 0 bridgehead atoms. The van der Waals surface area contributed by atoms with Crippen molar-refractivity contribution in [1.29, 1.82) is 0 Å². The van der Waals surface area contributed by atoms with Gasteiger partial charge in [-0.25, -0.2) is 4.79 Å². The molecule has 3 heteroatoms. The van der Waals surface area contributed by atoms with Gasteiger partial charge < -0.3 is 11.1 Å². The maximum absolute atomic E-state index is 10.4. The normalized spacial score (nSPS) is 29.8. The third-order valence-electron chi connectivity index (χ3n) is 2.70. The highest BCUT2D eigenvalue weighted by atomic mass is 16.2. The fraction of sp³-hybridized carbons (Fsp3) is 0.889. The van der Waals surface area contributed by atoms with E-state index < -0.39 is 6.03 Å². The number of nitrogens with two attached hydrogens (primary N) is 1. The van der Waals surface area contributed by atoms with E-state index in [2.05, 4.69) is 12.2 Å². The summed E-state index contributed by atoms with van der Waals surface area (Å²) in [7, 11) is 0. The van der Waals surface area contributed by atoms with Gasteiger partial charge in [-0.1, -0.05) is 19.8 Å². The van der Waals surface area contributed by atoms with Crippen LogP contribution >= 0.6 is 0 Å². The Morgan fingerprint density at radius 2 is 2.00 bits per heavy atom. The molecule has 12 heavy (non-hydrogen) atoms. The van der Waals surface area contributed by atoms with Crippen molar-refractivity contribution in [3.8, 4) is 0 Å². The predicted molar refractivity (Wildman–Crippen MR) is 48.7 cm³/mol. The van der Waals surface area contributed by atoms with E-state index in [0.29, 0.717) is 5.92 Å². The summed E-state index contributed by atoms with van der Waals surface area (Å²) < 4.78 is 0. The number of nitrogens with one attached hydrogen (secondary N) is 1. The zero-order valence-corrected chi connectivity index (χ0v) is 7.68. The Balaban J connectivity index is 2.13. The molecular formula is C9H18N2O. The first-order valence-corrected chi connectivity index (χ1v) is 4.71. The number of carbonyl (C=O) groups is 1. The van der Waals surface area contributed by atoms with Gasteiger partial charge >= 0.3 is 6.03 Å². The van der Waals surface area contributed by atoms with Crippen LogP contribution < -0.4 is 11.1 Å². The molecule has 3 N–H and O–H groups in total. The van der Waals surface area contributed by atoms with Gasteiger partial charge in [-0.15, -0.1) is 0 Å². The number of urea groups is 1. The highest BCUT2D eigenvalue weighted by molar-refractivity contribution is 5.71. The lowest BCUT2D eigenvalue weighted by Crippen LogP contribution is -2.34. The first kappa shape index (κ1) is 9.36. The number of hydrogen-bond donors (Lipinski definition) is 2. The summed E-state index contributed by atoms with van der Waals surface area (Å²) >= 11 is 0. The number of primary amides is 1. The Morgan fingerprint density at radius 1 is 1.42 bits per heavy atom. The molecule has 0 aliphatic heterocycles. The first-order chi connectivity index (χ1) is 5.68. The molecule has 0 unspecified atom stereocenters. The van der Waals surface area contributed by atoms with Crippen molar-refractivity contribution in [2.75, 3.05) is 6.54 Å². The third kappa shape index (κ3) is 3.11. The minimum Gasteiger partial charge on any atom is -0.352 e. The van der Waals surface area contributed by atoms with E-state index >= 15 is 0 Å². The Labute approximate surface area is 73.7 Å². The zero-order valence-electron chi connectivity index (χ0n) is 7.68. The van der Waals surface area contributed by atoms with Gasteiger partial charge in [0.15, 0.2) is 0 Å². The molecule has 0 aromatic carbocycles. The van der Waals surface area contributed by atoms with Gasteiger partial charge in [-0.3, -0.25) is 0 Å². The van der Waals surface area contributed by atoms with Crippen LogP contribution in [0.4, 0.5) is 4.79 Å². The molecule has 1 fully saturated rings. The summed E-state index contributed by atoms with van der Waals surface area (Å²) in [4.78, 5) is 10.4. The molecule has 0 spiro atoms. The second-order valence-corrected chi connectivity index (χ2v) is 3.87. The van der Waals surface area contributed by atoms with Crippen LogP contribution in [-0.2, 0) is 0 Å². The molecule has 0 radical (unpaired) electrons. The lowest BCUT2D eigenvalue weighted by atomic mass is 9.83. The fourth-order valence-electron chi connectivity index (χ4n) is 1.78. The largest absolute Gasteiger partial charge is 0.352 e. The van der Waals surface area contributed by atoms with Crippen LogP contribution in [0.15, 0.2) is 0 Å². The summed E-state index contributed by atoms with van der Waals surface area (Å²) in [6, 6.07) is -0.395. The van der Waals surface area contributed by atoms with Gasteiger partial charge in [0.05, 0.1) is 0 Å². The van der Waals surface area contributed by atoms with Crippen molar-refractivity contribution in [1.82, 2.24) is 5.32 Å². The van der Waals surface area contributed by atoms with Crippen LogP contribution in [0.25, 0.3) is 0 Å². The van der Waals surface area contributed by atoms with Gasteiger partial charge in [0.2, 0.25) is 0 Å². The van der Waals surface area contributed by atoms with E-state index in [1.54, 1.807) is 0 Å². The van der Waals surface area contributed by atoms with Crippen molar-refractivity contribution in [2.24, 2.45) is 17.6 Å². The van der Waals surface area contributed by atoms with E-state index in [1.165, 1.54) is 25.7 Å². The standard InChI is InChI=1S/C9H18N2O/c1-7-2-4-8(5-3-7)6-11-9(10)12/h7-8H,2-6H2,1H3,(H3,10,11,12). The molecule has 2 amide bonds. The SMILES string of the molecule is CC1CCC(CNC(N)=O)CC1. The first-order valence-electron chi connectivity index (χ1n) is 4.71. The van der Waals surface area contributed by atoms with Crippen LogP contribution in [0.1, 0.15) is 32.6 Å². The summed E-state index contributed by atoms with van der Waals surface area (Å²) in [5.74, 6) is 1.53. The van der Waals surface area contributed by atoms with Crippen molar-refractivity contribution in [3.05, 3.63) is 0 Å². The van der Waals surface area contributed by atoms with Gasteiger partial charge in [0.25, 0.3) is 0 Å². The molecule has 0 heterocycles. The molecule has 1 saturated carbocycles. The lowest BCUT2D eigenvalue weighted by molar-refractivity contribution is 0.240. The van der Waals surface area contributed by atoms with Gasteiger partial charge in [0.1, 0.15) is 0 Å².